The van der Waals surface area contributed by atoms with Crippen LogP contribution in [0.5, 0.6) is 0 Å². The Hall–Kier alpha value is -3.24. The molecule has 53 heavy (non-hydrogen) atoms. The Bertz CT molecular complexity index is 1890. The van der Waals surface area contributed by atoms with Gasteiger partial charge in [0.1, 0.15) is 0 Å². The van der Waals surface area contributed by atoms with Crippen LogP contribution in [0.4, 0.5) is 0 Å². The predicted molar refractivity (Wildman–Crippen MR) is 225 cm³/mol. The zero-order chi connectivity index (χ0) is 39.1. The van der Waals surface area contributed by atoms with Gasteiger partial charge in [0.25, 0.3) is 5.91 Å². The maximum absolute atomic E-state index is 12.5. The molecular formula is C35H34Br3Cl2N8O3Se2. The predicted octanol–water partition coefficient (Wildman–Crippen LogP) is 6.14. The van der Waals surface area contributed by atoms with Crippen LogP contribution in [0.2, 0.25) is 0 Å². The van der Waals surface area contributed by atoms with Crippen molar-refractivity contribution < 1.29 is 14.7 Å². The van der Waals surface area contributed by atoms with Crippen molar-refractivity contribution in [2.75, 3.05) is 5.34 Å². The van der Waals surface area contributed by atoms with Crippen molar-refractivity contribution >= 4 is 124 Å². The van der Waals surface area contributed by atoms with Gasteiger partial charge in [-0.1, -0.05) is 28.1 Å². The van der Waals surface area contributed by atoms with Crippen LogP contribution in [0.1, 0.15) is 54.1 Å². The van der Waals surface area contributed by atoms with Gasteiger partial charge in [-0.25, -0.2) is 0 Å². The summed E-state index contributed by atoms with van der Waals surface area (Å²) in [5, 5.41) is 46.9. The summed E-state index contributed by atoms with van der Waals surface area (Å²) in [5.41, 5.74) is 15.6. The summed E-state index contributed by atoms with van der Waals surface area (Å²) < 4.78 is 1.90. The number of nitrogens with one attached hydrogen (secondary N) is 4. The number of aliphatic hydroxyl groups excluding tert-OH is 1. The van der Waals surface area contributed by atoms with Crippen molar-refractivity contribution in [1.29, 1.82) is 21.3 Å². The fourth-order valence-electron chi connectivity index (χ4n) is 3.92. The van der Waals surface area contributed by atoms with Gasteiger partial charge >= 0.3 is 187 Å². The van der Waals surface area contributed by atoms with E-state index in [0.29, 0.717) is 46.2 Å². The fourth-order valence-corrected chi connectivity index (χ4v) is 5.89. The number of hydrogen-bond acceptors (Lipinski definition) is 7. The van der Waals surface area contributed by atoms with Crippen LogP contribution in [0.15, 0.2) is 93.9 Å². The molecule has 4 rings (SSSR count). The van der Waals surface area contributed by atoms with Gasteiger partial charge in [-0.05, 0) is 41.5 Å². The van der Waals surface area contributed by atoms with E-state index in [-0.39, 0.29) is 65.2 Å². The number of amidine groups is 2. The number of amides is 2. The molecule has 0 aromatic heterocycles. The molecule has 0 saturated heterocycles. The maximum atomic E-state index is 12.5. The molecule has 2 amide bonds. The number of nitrogens with two attached hydrogens (primary N) is 2. The molecule has 4 aromatic rings. The van der Waals surface area contributed by atoms with E-state index in [1.165, 1.54) is 0 Å². The Balaban J connectivity index is 0.000000858. The first-order valence-electron chi connectivity index (χ1n) is 14.6. The standard InChI is InChI=1S/C17H15BrN4OSe.C16H13BrN2O2.CH2Cl2.CH3N2Se.BrH/c18-14-5-6-15(13(7-14)10-24-17(20)21)16(23)22-9-12-3-1-11(8-19)2-4-12;17-14-5-6-15(13(7-14)10-20)16(21)19-9-12-3-1-11(8-18)2-4-12;2-1-3;2-1(3)4;/h1-7H,9-10H2,(H3,20,21)(H,22,23);1-7,20H,9-10H2,(H,19,21);1H2;(H3,2,3);1H. The third-order valence-corrected chi connectivity index (χ3v) is 8.84. The quantitative estimate of drug-likeness (QED) is 0.0425. The van der Waals surface area contributed by atoms with E-state index >= 15 is 0 Å². The summed E-state index contributed by atoms with van der Waals surface area (Å²) in [4.78, 5) is 24.6. The molecule has 0 atom stereocenters. The fraction of sp³-hybridized carbons (Fsp3) is 0.143. The Morgan fingerprint density at radius 1 is 0.774 bits per heavy atom. The Morgan fingerprint density at radius 3 is 1.47 bits per heavy atom. The van der Waals surface area contributed by atoms with E-state index in [2.05, 4.69) is 70.3 Å². The number of rotatable bonds is 10. The molecule has 0 heterocycles. The van der Waals surface area contributed by atoms with Crippen LogP contribution in [0.25, 0.3) is 0 Å². The first-order chi connectivity index (χ1) is 24.8. The van der Waals surface area contributed by atoms with E-state index < -0.39 is 0 Å². The van der Waals surface area contributed by atoms with Crippen LogP contribution in [0, 0.1) is 33.5 Å². The zero-order valence-corrected chi connectivity index (χ0v) is 37.5. The average molecular weight is 1080 g/mol. The number of nitrogens with zero attached hydrogens (tertiary/aromatic N) is 2. The number of aliphatic hydroxyl groups is 1. The number of halogens is 5. The molecule has 0 aliphatic heterocycles. The van der Waals surface area contributed by atoms with Gasteiger partial charge in [-0.2, -0.15) is 5.26 Å². The molecule has 1 radical (unpaired) electrons. The zero-order valence-electron chi connectivity index (χ0n) is 27.7. The monoisotopic (exact) mass is 1080 g/mol. The van der Waals surface area contributed by atoms with E-state index in [4.69, 9.17) is 50.3 Å². The summed E-state index contributed by atoms with van der Waals surface area (Å²) in [7, 11) is 0. The van der Waals surface area contributed by atoms with Gasteiger partial charge in [-0.3, -0.25) is 4.79 Å². The van der Waals surface area contributed by atoms with E-state index in [0.717, 1.165) is 25.6 Å². The summed E-state index contributed by atoms with van der Waals surface area (Å²) in [5.74, 6) is -0.405. The number of hydrogen-bond donors (Lipinski definition) is 7. The second kappa shape index (κ2) is 28.2. The summed E-state index contributed by atoms with van der Waals surface area (Å²) in [6, 6.07) is 28.8. The van der Waals surface area contributed by atoms with Crippen LogP contribution < -0.4 is 22.1 Å². The van der Waals surface area contributed by atoms with E-state index in [1.807, 2.05) is 30.3 Å². The van der Waals surface area contributed by atoms with Crippen molar-refractivity contribution in [1.82, 2.24) is 10.6 Å². The molecular weight excluding hydrogens is 1050 g/mol. The van der Waals surface area contributed by atoms with Crippen molar-refractivity contribution in [2.24, 2.45) is 11.5 Å². The second-order valence-corrected chi connectivity index (χ2v) is 15.6. The molecule has 11 nitrogen and oxygen atoms in total. The van der Waals surface area contributed by atoms with Crippen molar-refractivity contribution in [3.8, 4) is 12.1 Å². The molecule has 279 valence electrons. The molecule has 0 fully saturated rings. The van der Waals surface area contributed by atoms with Crippen molar-refractivity contribution in [2.45, 2.75) is 25.0 Å². The molecule has 0 aliphatic carbocycles. The van der Waals surface area contributed by atoms with E-state index in [1.54, 1.807) is 60.7 Å². The SMILES string of the molecule is Br.ClCCl.N#Cc1ccc(CNC(=O)c2ccc(Br)cc2CO)cc1.N#Cc1ccc(CNC(=O)c2ccc(Br)cc2C[Se]C(=N)N)cc1.N=C(N)[Se]. The first-order valence-corrected chi connectivity index (χ1v) is 20.2. The molecule has 0 aliphatic rings. The van der Waals surface area contributed by atoms with Gasteiger partial charge in [0.2, 0.25) is 0 Å². The first kappa shape index (κ1) is 49.8. The number of alkyl halides is 2. The van der Waals surface area contributed by atoms with Gasteiger partial charge < -0.3 is 10.4 Å². The third-order valence-electron chi connectivity index (χ3n) is 6.25. The van der Waals surface area contributed by atoms with Gasteiger partial charge in [-0.15, -0.1) is 40.2 Å². The number of nitriles is 2. The Labute approximate surface area is 360 Å². The number of carbonyl (C=O) groups excluding carboxylic acids is 2. The van der Waals surface area contributed by atoms with E-state index in [9.17, 15) is 14.7 Å². The van der Waals surface area contributed by atoms with Crippen LogP contribution in [0.3, 0.4) is 0 Å². The van der Waals surface area contributed by atoms with Crippen LogP contribution >= 0.6 is 72.0 Å². The molecule has 0 unspecified atom stereocenters. The Kier molecular flexibility index (Phi) is 26.5. The van der Waals surface area contributed by atoms with Crippen LogP contribution in [-0.2, 0) is 25.0 Å². The second-order valence-electron chi connectivity index (χ2n) is 9.86. The van der Waals surface area contributed by atoms with Crippen LogP contribution in [-0.4, -0.2) is 62.7 Å². The van der Waals surface area contributed by atoms with Crippen molar-refractivity contribution in [3.63, 3.8) is 0 Å². The minimum atomic E-state index is -0.240. The van der Waals surface area contributed by atoms with Gasteiger partial charge in [0.15, 0.2) is 0 Å². The molecule has 4 aromatic carbocycles. The molecule has 18 heteroatoms. The molecule has 0 spiro atoms. The number of benzene rings is 4. The van der Waals surface area contributed by atoms with Crippen molar-refractivity contribution in [3.05, 3.63) is 138 Å². The molecule has 0 bridgehead atoms. The van der Waals surface area contributed by atoms with Gasteiger partial charge in [0, 0.05) is 16.6 Å². The normalized spacial score (nSPS) is 9.26. The summed E-state index contributed by atoms with van der Waals surface area (Å²) in [6.45, 7) is 0.558. The Morgan fingerprint density at radius 2 is 1.13 bits per heavy atom. The third kappa shape index (κ3) is 20.7. The molecule has 9 N–H and O–H groups in total. The molecule has 0 saturated carbocycles. The summed E-state index contributed by atoms with van der Waals surface area (Å²) in [6.07, 6.45) is 0. The summed E-state index contributed by atoms with van der Waals surface area (Å²) >= 11 is 18.3. The average Bonchev–Trinajstić information content (AvgIpc) is 3.12. The van der Waals surface area contributed by atoms with Gasteiger partial charge in [0.05, 0.1) is 23.6 Å². The topological polar surface area (TPSA) is 226 Å². The minimum absolute atomic E-state index is 0. The number of carbonyl (C=O) groups is 2.